The zero-order valence-electron chi connectivity index (χ0n) is 11.4. The van der Waals surface area contributed by atoms with Gasteiger partial charge in [-0.15, -0.1) is 11.3 Å². The molecule has 7 heteroatoms. The van der Waals surface area contributed by atoms with E-state index in [2.05, 4.69) is 10.3 Å². The van der Waals surface area contributed by atoms with E-state index in [1.54, 1.807) is 25.1 Å². The molecule has 2 N–H and O–H groups in total. The number of aromatic carboxylic acids is 1. The van der Waals surface area contributed by atoms with Crippen molar-refractivity contribution < 1.29 is 14.7 Å². The maximum absolute atomic E-state index is 12.0. The average molecular weight is 325 g/mol. The second-order valence-corrected chi connectivity index (χ2v) is 5.96. The first kappa shape index (κ1) is 15.5. The number of halogens is 1. The summed E-state index contributed by atoms with van der Waals surface area (Å²) in [5.41, 5.74) is 1.85. The van der Waals surface area contributed by atoms with E-state index in [4.69, 9.17) is 16.7 Å². The van der Waals surface area contributed by atoms with Crippen molar-refractivity contribution in [2.75, 3.05) is 5.32 Å². The number of benzene rings is 1. The van der Waals surface area contributed by atoms with Crippen LogP contribution in [0.15, 0.2) is 18.2 Å². The van der Waals surface area contributed by atoms with Crippen LogP contribution >= 0.6 is 22.9 Å². The van der Waals surface area contributed by atoms with E-state index in [0.29, 0.717) is 21.4 Å². The molecule has 0 atom stereocenters. The number of carbonyl (C=O) groups is 2. The van der Waals surface area contributed by atoms with Crippen molar-refractivity contribution in [3.63, 3.8) is 0 Å². The molecular weight excluding hydrogens is 312 g/mol. The lowest BCUT2D eigenvalue weighted by Gasteiger charge is -2.08. The summed E-state index contributed by atoms with van der Waals surface area (Å²) in [5.74, 6) is -1.28. The van der Waals surface area contributed by atoms with Gasteiger partial charge in [0.25, 0.3) is 0 Å². The summed E-state index contributed by atoms with van der Waals surface area (Å²) in [5, 5.41) is 12.8. The zero-order chi connectivity index (χ0) is 15.6. The minimum Gasteiger partial charge on any atom is -0.477 e. The number of rotatable bonds is 4. The second kappa shape index (κ2) is 6.24. The molecule has 2 rings (SSSR count). The Balaban J connectivity index is 2.10. The Hall–Kier alpha value is -1.92. The molecule has 1 heterocycles. The smallest absolute Gasteiger partial charge is 0.347 e. The summed E-state index contributed by atoms with van der Waals surface area (Å²) in [6, 6.07) is 5.26. The molecule has 0 aliphatic carbocycles. The molecule has 0 fully saturated rings. The molecule has 0 saturated heterocycles. The molecule has 0 aliphatic rings. The average Bonchev–Trinajstić information content (AvgIpc) is 2.76. The summed E-state index contributed by atoms with van der Waals surface area (Å²) in [6.07, 6.45) is 0.0325. The van der Waals surface area contributed by atoms with E-state index in [1.165, 1.54) is 0 Å². The topological polar surface area (TPSA) is 79.3 Å². The van der Waals surface area contributed by atoms with Crippen LogP contribution in [0.25, 0.3) is 0 Å². The predicted octanol–water partition coefficient (Wildman–Crippen LogP) is 3.29. The lowest BCUT2D eigenvalue weighted by molar-refractivity contribution is -0.115. The van der Waals surface area contributed by atoms with Gasteiger partial charge in [-0.1, -0.05) is 17.7 Å². The van der Waals surface area contributed by atoms with Crippen LogP contribution in [0.3, 0.4) is 0 Å². The van der Waals surface area contributed by atoms with Gasteiger partial charge in [0.1, 0.15) is 9.88 Å². The van der Waals surface area contributed by atoms with Crippen molar-refractivity contribution in [2.24, 2.45) is 0 Å². The van der Waals surface area contributed by atoms with Gasteiger partial charge in [0, 0.05) is 10.7 Å². The Morgan fingerprint density at radius 2 is 2.10 bits per heavy atom. The third-order valence-electron chi connectivity index (χ3n) is 2.89. The van der Waals surface area contributed by atoms with Crippen LogP contribution < -0.4 is 5.32 Å². The molecule has 0 saturated carbocycles. The number of hydrogen-bond donors (Lipinski definition) is 2. The van der Waals surface area contributed by atoms with Gasteiger partial charge in [-0.25, -0.2) is 9.78 Å². The molecule has 0 radical (unpaired) electrons. The highest BCUT2D eigenvalue weighted by atomic mass is 35.5. The van der Waals surface area contributed by atoms with E-state index in [1.807, 2.05) is 6.92 Å². The van der Waals surface area contributed by atoms with Crippen molar-refractivity contribution in [1.29, 1.82) is 0 Å². The first-order valence-electron chi connectivity index (χ1n) is 6.13. The first-order chi connectivity index (χ1) is 9.88. The fourth-order valence-electron chi connectivity index (χ4n) is 1.80. The summed E-state index contributed by atoms with van der Waals surface area (Å²) in [4.78, 5) is 27.2. The zero-order valence-corrected chi connectivity index (χ0v) is 13.0. The lowest BCUT2D eigenvalue weighted by Crippen LogP contribution is -2.15. The number of aromatic nitrogens is 1. The minimum absolute atomic E-state index is 0.0325. The summed E-state index contributed by atoms with van der Waals surface area (Å²) in [6.45, 7) is 3.43. The molecule has 1 aromatic carbocycles. The van der Waals surface area contributed by atoms with Crippen LogP contribution in [0.1, 0.15) is 25.9 Å². The predicted molar refractivity (Wildman–Crippen MR) is 82.3 cm³/mol. The number of thiazole rings is 1. The monoisotopic (exact) mass is 324 g/mol. The number of nitrogens with one attached hydrogen (secondary N) is 1. The molecule has 0 aliphatic heterocycles. The van der Waals surface area contributed by atoms with Gasteiger partial charge in [0.2, 0.25) is 5.91 Å². The summed E-state index contributed by atoms with van der Waals surface area (Å²) >= 11 is 7.01. The molecule has 0 bridgehead atoms. The van der Waals surface area contributed by atoms with Crippen molar-refractivity contribution in [3.05, 3.63) is 44.4 Å². The Morgan fingerprint density at radius 1 is 1.38 bits per heavy atom. The van der Waals surface area contributed by atoms with Gasteiger partial charge >= 0.3 is 5.97 Å². The van der Waals surface area contributed by atoms with Crippen molar-refractivity contribution in [3.8, 4) is 0 Å². The van der Waals surface area contributed by atoms with Gasteiger partial charge in [-0.3, -0.25) is 4.79 Å². The molecule has 110 valence electrons. The van der Waals surface area contributed by atoms with Crippen molar-refractivity contribution in [1.82, 2.24) is 4.98 Å². The Bertz CT molecular complexity index is 712. The number of aryl methyl sites for hydroxylation is 1. The number of anilines is 1. The molecule has 2 aromatic rings. The van der Waals surface area contributed by atoms with Crippen LogP contribution in [0.5, 0.6) is 0 Å². The molecule has 1 aromatic heterocycles. The molecule has 0 spiro atoms. The number of carbonyl (C=O) groups excluding carboxylic acids is 1. The van der Waals surface area contributed by atoms with E-state index in [9.17, 15) is 9.59 Å². The van der Waals surface area contributed by atoms with Crippen LogP contribution in [0, 0.1) is 13.8 Å². The highest BCUT2D eigenvalue weighted by molar-refractivity contribution is 7.13. The second-order valence-electron chi connectivity index (χ2n) is 4.46. The maximum atomic E-state index is 12.0. The molecule has 5 nitrogen and oxygen atoms in total. The van der Waals surface area contributed by atoms with E-state index < -0.39 is 5.97 Å². The molecule has 1 amide bonds. The van der Waals surface area contributed by atoms with E-state index >= 15 is 0 Å². The number of nitrogens with zero attached hydrogens (tertiary/aromatic N) is 1. The third-order valence-corrected chi connectivity index (χ3v) is 4.44. The Labute approximate surface area is 130 Å². The molecule has 0 unspecified atom stereocenters. The van der Waals surface area contributed by atoms with Gasteiger partial charge in [0.05, 0.1) is 12.1 Å². The van der Waals surface area contributed by atoms with Gasteiger partial charge in [0.15, 0.2) is 0 Å². The minimum atomic E-state index is -1.03. The highest BCUT2D eigenvalue weighted by Gasteiger charge is 2.16. The Morgan fingerprint density at radius 3 is 2.71 bits per heavy atom. The quantitative estimate of drug-likeness (QED) is 0.904. The summed E-state index contributed by atoms with van der Waals surface area (Å²) in [7, 11) is 0. The third kappa shape index (κ3) is 3.59. The molecule has 21 heavy (non-hydrogen) atoms. The standard InChI is InChI=1S/C14H13ClN2O3S/c1-7-9(15)4-3-5-10(7)17-11(18)6-12-16-8(2)13(21-12)14(19)20/h3-5H,6H2,1-2H3,(H,17,18)(H,19,20). The lowest BCUT2D eigenvalue weighted by atomic mass is 10.2. The maximum Gasteiger partial charge on any atom is 0.347 e. The van der Waals surface area contributed by atoms with Crippen LogP contribution in [0.4, 0.5) is 5.69 Å². The highest BCUT2D eigenvalue weighted by Crippen LogP contribution is 2.23. The van der Waals surface area contributed by atoms with Gasteiger partial charge in [-0.2, -0.15) is 0 Å². The number of amides is 1. The number of carboxylic acids is 1. The number of carboxylic acid groups (broad SMARTS) is 1. The van der Waals surface area contributed by atoms with Crippen molar-refractivity contribution >= 4 is 40.5 Å². The van der Waals surface area contributed by atoms with Crippen LogP contribution in [0.2, 0.25) is 5.02 Å². The fourth-order valence-corrected chi connectivity index (χ4v) is 2.88. The SMILES string of the molecule is Cc1nc(CC(=O)Nc2cccc(Cl)c2C)sc1C(=O)O. The van der Waals surface area contributed by atoms with E-state index in [0.717, 1.165) is 16.9 Å². The van der Waals surface area contributed by atoms with Gasteiger partial charge in [-0.05, 0) is 31.5 Å². The first-order valence-corrected chi connectivity index (χ1v) is 7.32. The fraction of sp³-hybridized carbons (Fsp3) is 0.214. The summed E-state index contributed by atoms with van der Waals surface area (Å²) < 4.78 is 0. The van der Waals surface area contributed by atoms with E-state index in [-0.39, 0.29) is 17.2 Å². The largest absolute Gasteiger partial charge is 0.477 e. The normalized spacial score (nSPS) is 10.4. The number of hydrogen-bond acceptors (Lipinski definition) is 4. The van der Waals surface area contributed by atoms with Crippen LogP contribution in [-0.4, -0.2) is 22.0 Å². The molecular formula is C14H13ClN2O3S. The van der Waals surface area contributed by atoms with Crippen LogP contribution in [-0.2, 0) is 11.2 Å². The van der Waals surface area contributed by atoms with Crippen molar-refractivity contribution in [2.45, 2.75) is 20.3 Å². The Kier molecular flexibility index (Phi) is 4.59. The van der Waals surface area contributed by atoms with Gasteiger partial charge < -0.3 is 10.4 Å².